The van der Waals surface area contributed by atoms with Gasteiger partial charge in [-0.2, -0.15) is 0 Å². The molecule has 0 unspecified atom stereocenters. The molecule has 22 heavy (non-hydrogen) atoms. The topological polar surface area (TPSA) is 19.4 Å². The number of hydrogen-bond donors (Lipinski definition) is 0. The Kier molecular flexibility index (Phi) is 5.02. The van der Waals surface area contributed by atoms with Crippen LogP contribution in [0, 0.1) is 6.92 Å². The van der Waals surface area contributed by atoms with Crippen LogP contribution in [0.15, 0.2) is 12.1 Å². The molecule has 3 heteroatoms. The summed E-state index contributed by atoms with van der Waals surface area (Å²) in [5, 5.41) is 0. The minimum atomic E-state index is 0.566. The molecule has 3 heterocycles. The number of anilines is 1. The van der Waals surface area contributed by atoms with E-state index in [0.717, 1.165) is 0 Å². The third-order valence-corrected chi connectivity index (χ3v) is 5.36. The van der Waals surface area contributed by atoms with Crippen molar-refractivity contribution >= 4 is 5.82 Å². The molecule has 0 radical (unpaired) electrons. The average molecular weight is 301 g/mol. The number of piperidine rings is 2. The maximum Gasteiger partial charge on any atom is 0.128 e. The summed E-state index contributed by atoms with van der Waals surface area (Å²) in [5.41, 5.74) is 2.69. The van der Waals surface area contributed by atoms with Crippen molar-refractivity contribution in [1.82, 2.24) is 9.88 Å². The predicted molar refractivity (Wildman–Crippen MR) is 93.5 cm³/mol. The first-order valence-corrected chi connectivity index (χ1v) is 9.15. The highest BCUT2D eigenvalue weighted by Crippen LogP contribution is 2.34. The predicted octanol–water partition coefficient (Wildman–Crippen LogP) is 4.32. The molecule has 1 aromatic heterocycles. The van der Waals surface area contributed by atoms with Crippen LogP contribution in [0.25, 0.3) is 0 Å². The Hall–Kier alpha value is -1.09. The molecule has 1 atom stereocenters. The van der Waals surface area contributed by atoms with Crippen molar-refractivity contribution < 1.29 is 0 Å². The number of nitrogens with zero attached hydrogens (tertiary/aromatic N) is 3. The van der Waals surface area contributed by atoms with Crippen molar-refractivity contribution in [3.8, 4) is 0 Å². The van der Waals surface area contributed by atoms with E-state index in [-0.39, 0.29) is 0 Å². The quantitative estimate of drug-likeness (QED) is 0.829. The number of aryl methyl sites for hydroxylation is 1. The summed E-state index contributed by atoms with van der Waals surface area (Å²) in [5.74, 6) is 1.19. The first-order valence-electron chi connectivity index (χ1n) is 9.15. The van der Waals surface area contributed by atoms with E-state index in [0.29, 0.717) is 12.1 Å². The van der Waals surface area contributed by atoms with Crippen LogP contribution in [0.3, 0.4) is 0 Å². The van der Waals surface area contributed by atoms with E-state index in [9.17, 15) is 0 Å². The minimum absolute atomic E-state index is 0.566. The van der Waals surface area contributed by atoms with Gasteiger partial charge in [0.2, 0.25) is 0 Å². The second kappa shape index (κ2) is 6.99. The summed E-state index contributed by atoms with van der Waals surface area (Å²) in [6.45, 7) is 10.4. The van der Waals surface area contributed by atoms with Crippen molar-refractivity contribution in [3.05, 3.63) is 23.4 Å². The molecule has 1 aromatic rings. The second-order valence-electron chi connectivity index (χ2n) is 7.23. The van der Waals surface area contributed by atoms with E-state index in [1.54, 1.807) is 0 Å². The molecule has 2 fully saturated rings. The molecule has 0 N–H and O–H groups in total. The van der Waals surface area contributed by atoms with Gasteiger partial charge in [0.15, 0.2) is 0 Å². The number of likely N-dealkylation sites (tertiary alicyclic amines) is 1. The van der Waals surface area contributed by atoms with Crippen LogP contribution in [-0.2, 0) is 0 Å². The molecule has 0 saturated carbocycles. The lowest BCUT2D eigenvalue weighted by Gasteiger charge is -2.39. The monoisotopic (exact) mass is 301 g/mol. The Bertz CT molecular complexity index is 491. The second-order valence-corrected chi connectivity index (χ2v) is 7.23. The summed E-state index contributed by atoms with van der Waals surface area (Å²) in [7, 11) is 0. The van der Waals surface area contributed by atoms with Gasteiger partial charge < -0.3 is 4.90 Å². The van der Waals surface area contributed by atoms with Crippen LogP contribution < -0.4 is 4.90 Å². The minimum Gasteiger partial charge on any atom is -0.357 e. The summed E-state index contributed by atoms with van der Waals surface area (Å²) in [6, 6.07) is 5.81. The molecular formula is C19H31N3. The van der Waals surface area contributed by atoms with E-state index in [4.69, 9.17) is 4.98 Å². The summed E-state index contributed by atoms with van der Waals surface area (Å²) in [6.07, 6.45) is 7.97. The average Bonchev–Trinajstić information content (AvgIpc) is 2.55. The van der Waals surface area contributed by atoms with Gasteiger partial charge in [0.05, 0.1) is 0 Å². The van der Waals surface area contributed by atoms with Crippen molar-refractivity contribution in [2.45, 2.75) is 71.4 Å². The molecule has 2 aliphatic rings. The third kappa shape index (κ3) is 3.29. The third-order valence-electron chi connectivity index (χ3n) is 5.36. The van der Waals surface area contributed by atoms with Crippen LogP contribution in [0.5, 0.6) is 0 Å². The van der Waals surface area contributed by atoms with Crippen molar-refractivity contribution in [2.24, 2.45) is 0 Å². The van der Waals surface area contributed by atoms with Crippen LogP contribution in [0.1, 0.15) is 69.7 Å². The number of pyridine rings is 1. The van der Waals surface area contributed by atoms with Crippen molar-refractivity contribution in [2.75, 3.05) is 24.5 Å². The fourth-order valence-electron chi connectivity index (χ4n) is 4.12. The van der Waals surface area contributed by atoms with Gasteiger partial charge in [-0.3, -0.25) is 4.90 Å². The lowest BCUT2D eigenvalue weighted by molar-refractivity contribution is 0.111. The Morgan fingerprint density at radius 3 is 2.41 bits per heavy atom. The summed E-state index contributed by atoms with van der Waals surface area (Å²) in [4.78, 5) is 10.1. The maximum atomic E-state index is 4.97. The molecule has 2 aliphatic heterocycles. The smallest absolute Gasteiger partial charge is 0.128 e. The summed E-state index contributed by atoms with van der Waals surface area (Å²) >= 11 is 0. The highest BCUT2D eigenvalue weighted by atomic mass is 15.2. The molecule has 3 nitrogen and oxygen atoms in total. The zero-order chi connectivity index (χ0) is 15.5. The zero-order valence-electron chi connectivity index (χ0n) is 14.5. The molecular weight excluding hydrogens is 270 g/mol. The first kappa shape index (κ1) is 15.8. The summed E-state index contributed by atoms with van der Waals surface area (Å²) < 4.78 is 0. The van der Waals surface area contributed by atoms with Gasteiger partial charge in [-0.25, -0.2) is 4.98 Å². The van der Waals surface area contributed by atoms with Gasteiger partial charge in [-0.15, -0.1) is 0 Å². The molecule has 0 aliphatic carbocycles. The van der Waals surface area contributed by atoms with E-state index in [2.05, 4.69) is 42.7 Å². The SMILES string of the molecule is Cc1nc(N2CCCCC2)ccc1[C@H]1CCCCN1C(C)C. The Labute approximate surface area is 135 Å². The molecule has 2 saturated heterocycles. The van der Waals surface area contributed by atoms with Gasteiger partial charge in [0.1, 0.15) is 5.82 Å². The normalized spacial score (nSPS) is 24.0. The van der Waals surface area contributed by atoms with Crippen molar-refractivity contribution in [1.29, 1.82) is 0 Å². The fraction of sp³-hybridized carbons (Fsp3) is 0.737. The fourth-order valence-corrected chi connectivity index (χ4v) is 4.12. The van der Waals surface area contributed by atoms with Gasteiger partial charge in [0.25, 0.3) is 0 Å². The molecule has 0 amide bonds. The van der Waals surface area contributed by atoms with Crippen LogP contribution in [-0.4, -0.2) is 35.6 Å². The molecule has 0 bridgehead atoms. The van der Waals surface area contributed by atoms with Gasteiger partial charge >= 0.3 is 0 Å². The number of hydrogen-bond acceptors (Lipinski definition) is 3. The number of rotatable bonds is 3. The highest BCUT2D eigenvalue weighted by Gasteiger charge is 2.27. The van der Waals surface area contributed by atoms with Gasteiger partial charge in [-0.1, -0.05) is 12.5 Å². The largest absolute Gasteiger partial charge is 0.357 e. The highest BCUT2D eigenvalue weighted by molar-refractivity contribution is 5.43. The van der Waals surface area contributed by atoms with E-state index in [1.165, 1.54) is 75.2 Å². The Balaban J connectivity index is 1.81. The van der Waals surface area contributed by atoms with Gasteiger partial charge in [0, 0.05) is 30.9 Å². The lowest BCUT2D eigenvalue weighted by atomic mass is 9.93. The van der Waals surface area contributed by atoms with Gasteiger partial charge in [-0.05, 0) is 71.0 Å². The maximum absolute atomic E-state index is 4.97. The Morgan fingerprint density at radius 1 is 1.00 bits per heavy atom. The molecule has 0 aromatic carbocycles. The molecule has 3 rings (SSSR count). The van der Waals surface area contributed by atoms with Crippen LogP contribution in [0.2, 0.25) is 0 Å². The first-order chi connectivity index (χ1) is 10.7. The standard InChI is InChI=1S/C19H31N3/c1-15(2)22-14-8-5-9-18(22)17-10-11-19(20-16(17)3)21-12-6-4-7-13-21/h10-11,15,18H,4-9,12-14H2,1-3H3/t18-/m1/s1. The van der Waals surface area contributed by atoms with Crippen LogP contribution in [0.4, 0.5) is 5.82 Å². The number of aromatic nitrogens is 1. The lowest BCUT2D eigenvalue weighted by Crippen LogP contribution is -2.39. The van der Waals surface area contributed by atoms with E-state index >= 15 is 0 Å². The van der Waals surface area contributed by atoms with E-state index < -0.39 is 0 Å². The van der Waals surface area contributed by atoms with Crippen LogP contribution >= 0.6 is 0 Å². The molecule has 0 spiro atoms. The molecule has 122 valence electrons. The van der Waals surface area contributed by atoms with Crippen molar-refractivity contribution in [3.63, 3.8) is 0 Å². The zero-order valence-corrected chi connectivity index (χ0v) is 14.5. The van der Waals surface area contributed by atoms with E-state index in [1.807, 2.05) is 0 Å². The Morgan fingerprint density at radius 2 is 1.73 bits per heavy atom.